The third kappa shape index (κ3) is 5.39. The van der Waals surface area contributed by atoms with Gasteiger partial charge in [-0.1, -0.05) is 6.07 Å². The summed E-state index contributed by atoms with van der Waals surface area (Å²) >= 11 is 0. The first-order chi connectivity index (χ1) is 13.9. The van der Waals surface area contributed by atoms with E-state index in [9.17, 15) is 13.2 Å². The zero-order valence-electron chi connectivity index (χ0n) is 16.1. The first-order valence-electron chi connectivity index (χ1n) is 8.97. The molecule has 8 heteroatoms. The number of sulfonamides is 1. The van der Waals surface area contributed by atoms with Crippen LogP contribution in [0.25, 0.3) is 0 Å². The van der Waals surface area contributed by atoms with Crippen LogP contribution in [0.2, 0.25) is 0 Å². The monoisotopic (exact) mass is 414 g/mol. The lowest BCUT2D eigenvalue weighted by atomic mass is 10.1. The summed E-state index contributed by atoms with van der Waals surface area (Å²) in [4.78, 5) is 12.5. The molecule has 0 saturated heterocycles. The van der Waals surface area contributed by atoms with Crippen LogP contribution >= 0.6 is 0 Å². The second kappa shape index (κ2) is 8.83. The summed E-state index contributed by atoms with van der Waals surface area (Å²) in [6, 6.07) is 15.9. The van der Waals surface area contributed by atoms with Crippen LogP contribution < -0.4 is 14.8 Å². The van der Waals surface area contributed by atoms with Crippen LogP contribution in [0.3, 0.4) is 0 Å². The number of benzene rings is 2. The van der Waals surface area contributed by atoms with Crippen LogP contribution in [-0.4, -0.2) is 27.5 Å². The Balaban J connectivity index is 1.70. The van der Waals surface area contributed by atoms with Crippen LogP contribution in [0.5, 0.6) is 5.75 Å². The fourth-order valence-electron chi connectivity index (χ4n) is 2.77. The van der Waals surface area contributed by atoms with Gasteiger partial charge in [-0.15, -0.1) is 0 Å². The summed E-state index contributed by atoms with van der Waals surface area (Å²) in [5.41, 5.74) is 0.654. The first kappa shape index (κ1) is 20.5. The maximum absolute atomic E-state index is 12.7. The van der Waals surface area contributed by atoms with E-state index in [4.69, 9.17) is 9.15 Å². The van der Waals surface area contributed by atoms with Crippen LogP contribution in [0.1, 0.15) is 23.0 Å². The zero-order valence-corrected chi connectivity index (χ0v) is 16.9. The summed E-state index contributed by atoms with van der Waals surface area (Å²) < 4.78 is 38.2. The summed E-state index contributed by atoms with van der Waals surface area (Å²) in [5.74, 6) is 1.03. The number of methoxy groups -OCH3 is 1. The van der Waals surface area contributed by atoms with Gasteiger partial charge in [-0.25, -0.2) is 8.42 Å². The fourth-order valence-corrected chi connectivity index (χ4v) is 3.87. The number of anilines is 1. The minimum absolute atomic E-state index is 0.000319. The van der Waals surface area contributed by atoms with Crippen molar-refractivity contribution in [3.63, 3.8) is 0 Å². The smallest absolute Gasteiger partial charge is 0.261 e. The number of rotatable bonds is 8. The van der Waals surface area contributed by atoms with Gasteiger partial charge in [0.05, 0.1) is 18.3 Å². The maximum Gasteiger partial charge on any atom is 0.261 e. The molecule has 0 aliphatic carbocycles. The molecule has 1 aromatic heterocycles. The van der Waals surface area contributed by atoms with Crippen molar-refractivity contribution in [3.05, 3.63) is 78.3 Å². The maximum atomic E-state index is 12.7. The van der Waals surface area contributed by atoms with Crippen molar-refractivity contribution in [3.8, 4) is 5.75 Å². The fraction of sp³-hybridized carbons (Fsp3) is 0.190. The molecule has 0 radical (unpaired) electrons. The van der Waals surface area contributed by atoms with Crippen LogP contribution in [-0.2, 0) is 16.4 Å². The van der Waals surface area contributed by atoms with Gasteiger partial charge in [0.2, 0.25) is 0 Å². The molecule has 0 aliphatic rings. The summed E-state index contributed by atoms with van der Waals surface area (Å²) in [6.07, 6.45) is 2.11. The minimum Gasteiger partial charge on any atom is -0.497 e. The largest absolute Gasteiger partial charge is 0.497 e. The Kier molecular flexibility index (Phi) is 6.23. The normalized spacial score (nSPS) is 12.2. The quantitative estimate of drug-likeness (QED) is 0.588. The lowest BCUT2D eigenvalue weighted by Crippen LogP contribution is -2.34. The van der Waals surface area contributed by atoms with E-state index < -0.39 is 10.0 Å². The highest BCUT2D eigenvalue weighted by molar-refractivity contribution is 7.92. The summed E-state index contributed by atoms with van der Waals surface area (Å²) in [6.45, 7) is 1.85. The number of carbonyl (C=O) groups is 1. The van der Waals surface area contributed by atoms with E-state index >= 15 is 0 Å². The molecule has 1 heterocycles. The Morgan fingerprint density at radius 1 is 1.10 bits per heavy atom. The van der Waals surface area contributed by atoms with Gasteiger partial charge in [0.15, 0.2) is 0 Å². The highest BCUT2D eigenvalue weighted by Crippen LogP contribution is 2.20. The van der Waals surface area contributed by atoms with Gasteiger partial charge in [0, 0.05) is 23.7 Å². The Morgan fingerprint density at radius 2 is 1.86 bits per heavy atom. The predicted molar refractivity (Wildman–Crippen MR) is 110 cm³/mol. The molecule has 2 N–H and O–H groups in total. The molecule has 1 atom stereocenters. The van der Waals surface area contributed by atoms with E-state index in [1.807, 2.05) is 13.0 Å². The molecule has 29 heavy (non-hydrogen) atoms. The van der Waals surface area contributed by atoms with Crippen molar-refractivity contribution in [1.82, 2.24) is 5.32 Å². The molecule has 0 saturated carbocycles. The standard InChI is InChI=1S/C21H22N2O5S/c1-15(13-19-6-4-12-28-19)22-21(24)16-5-3-7-20(14-16)29(25,26)23-17-8-10-18(27-2)11-9-17/h3-12,14-15,23H,13H2,1-2H3,(H,22,24). The highest BCUT2D eigenvalue weighted by atomic mass is 32.2. The topological polar surface area (TPSA) is 97.6 Å². The Hall–Kier alpha value is -3.26. The van der Waals surface area contributed by atoms with Crippen molar-refractivity contribution < 1.29 is 22.4 Å². The van der Waals surface area contributed by atoms with Gasteiger partial charge in [-0.05, 0) is 61.5 Å². The molecule has 1 amide bonds. The number of hydrogen-bond donors (Lipinski definition) is 2. The third-order valence-electron chi connectivity index (χ3n) is 4.21. The zero-order chi connectivity index (χ0) is 20.9. The number of carbonyl (C=O) groups excluding carboxylic acids is 1. The molecule has 0 aliphatic heterocycles. The van der Waals surface area contributed by atoms with Crippen LogP contribution in [0, 0.1) is 0 Å². The average molecular weight is 414 g/mol. The SMILES string of the molecule is COc1ccc(NS(=O)(=O)c2cccc(C(=O)NC(C)Cc3ccco3)c2)cc1. The lowest BCUT2D eigenvalue weighted by molar-refractivity contribution is 0.0939. The molecule has 0 spiro atoms. The molecule has 3 aromatic rings. The van der Waals surface area contributed by atoms with E-state index in [1.165, 1.54) is 25.3 Å². The molecule has 152 valence electrons. The molecule has 1 unspecified atom stereocenters. The van der Waals surface area contributed by atoms with Crippen LogP contribution in [0.4, 0.5) is 5.69 Å². The van der Waals surface area contributed by atoms with Gasteiger partial charge in [0.25, 0.3) is 15.9 Å². The number of hydrogen-bond acceptors (Lipinski definition) is 5. The molecule has 3 rings (SSSR count). The number of amides is 1. The van der Waals surface area contributed by atoms with Crippen LogP contribution in [0.15, 0.2) is 76.2 Å². The second-order valence-corrected chi connectivity index (χ2v) is 8.20. The van der Waals surface area contributed by atoms with E-state index in [0.29, 0.717) is 17.9 Å². The Labute approximate surface area is 169 Å². The van der Waals surface area contributed by atoms with Crippen molar-refractivity contribution in [1.29, 1.82) is 0 Å². The minimum atomic E-state index is -3.84. The second-order valence-electron chi connectivity index (χ2n) is 6.52. The predicted octanol–water partition coefficient (Wildman–Crippen LogP) is 3.45. The van der Waals surface area contributed by atoms with E-state index in [2.05, 4.69) is 10.0 Å². The van der Waals surface area contributed by atoms with Gasteiger partial charge in [0.1, 0.15) is 11.5 Å². The molecular weight excluding hydrogens is 392 g/mol. The van der Waals surface area contributed by atoms with E-state index in [0.717, 1.165) is 5.76 Å². The highest BCUT2D eigenvalue weighted by Gasteiger charge is 2.18. The van der Waals surface area contributed by atoms with Crippen molar-refractivity contribution in [2.24, 2.45) is 0 Å². The van der Waals surface area contributed by atoms with Crippen molar-refractivity contribution >= 4 is 21.6 Å². The molecule has 0 fully saturated rings. The van der Waals surface area contributed by atoms with Gasteiger partial charge in [-0.3, -0.25) is 9.52 Å². The van der Waals surface area contributed by atoms with Gasteiger partial charge >= 0.3 is 0 Å². The number of nitrogens with one attached hydrogen (secondary N) is 2. The summed E-state index contributed by atoms with van der Waals surface area (Å²) in [5, 5.41) is 2.85. The van der Waals surface area contributed by atoms with E-state index in [1.54, 1.807) is 42.7 Å². The molecular formula is C21H22N2O5S. The van der Waals surface area contributed by atoms with Gasteiger partial charge in [-0.2, -0.15) is 0 Å². The average Bonchev–Trinajstić information content (AvgIpc) is 3.21. The molecule has 7 nitrogen and oxygen atoms in total. The van der Waals surface area contributed by atoms with Crippen molar-refractivity contribution in [2.45, 2.75) is 24.3 Å². The molecule has 2 aromatic carbocycles. The summed E-state index contributed by atoms with van der Waals surface area (Å²) in [7, 11) is -2.31. The third-order valence-corrected chi connectivity index (χ3v) is 5.59. The van der Waals surface area contributed by atoms with Gasteiger partial charge < -0.3 is 14.5 Å². The number of furan rings is 1. The molecule has 0 bridgehead atoms. The first-order valence-corrected chi connectivity index (χ1v) is 10.5. The Bertz CT molecular complexity index is 1060. The van der Waals surface area contributed by atoms with Crippen molar-refractivity contribution in [2.75, 3.05) is 11.8 Å². The Morgan fingerprint density at radius 3 is 2.52 bits per heavy atom. The van der Waals surface area contributed by atoms with E-state index in [-0.39, 0.29) is 22.4 Å². The number of ether oxygens (including phenoxy) is 1. The lowest BCUT2D eigenvalue weighted by Gasteiger charge is -2.13.